The normalized spacial score (nSPS) is 23.3. The number of nitrogens with one attached hydrogen (secondary N) is 3. The van der Waals surface area contributed by atoms with Crippen LogP contribution in [0.1, 0.15) is 17.4 Å². The molecule has 1 aliphatic heterocycles. The molecule has 0 aromatic carbocycles. The molecule has 3 rings (SSSR count). The van der Waals surface area contributed by atoms with E-state index >= 15 is 0 Å². The third-order valence-corrected chi connectivity index (χ3v) is 2.11. The third-order valence-electron chi connectivity index (χ3n) is 2.11. The van der Waals surface area contributed by atoms with E-state index in [4.69, 9.17) is 0 Å². The zero-order valence-electron chi connectivity index (χ0n) is 6.09. The van der Waals surface area contributed by atoms with Gasteiger partial charge in [0.1, 0.15) is 6.04 Å². The SMILES string of the molecule is O=c1[nH]c2c([nH]1)C1NN=C1C=C2. The van der Waals surface area contributed by atoms with Crippen LogP contribution in [0.25, 0.3) is 6.08 Å². The Morgan fingerprint density at radius 1 is 1.33 bits per heavy atom. The number of hydrogen-bond donors (Lipinski definition) is 3. The van der Waals surface area contributed by atoms with E-state index in [2.05, 4.69) is 20.5 Å². The number of rotatable bonds is 0. The minimum Gasteiger partial charge on any atom is -0.307 e. The van der Waals surface area contributed by atoms with Crippen molar-refractivity contribution < 1.29 is 0 Å². The van der Waals surface area contributed by atoms with Gasteiger partial charge in [0.2, 0.25) is 0 Å². The maximum atomic E-state index is 10.9. The van der Waals surface area contributed by atoms with Gasteiger partial charge in [-0.05, 0) is 12.2 Å². The average molecular weight is 162 g/mol. The summed E-state index contributed by atoms with van der Waals surface area (Å²) < 4.78 is 0. The van der Waals surface area contributed by atoms with Crippen molar-refractivity contribution in [2.24, 2.45) is 5.10 Å². The van der Waals surface area contributed by atoms with Crippen molar-refractivity contribution in [1.29, 1.82) is 0 Å². The minimum absolute atomic E-state index is 0.0870. The van der Waals surface area contributed by atoms with Gasteiger partial charge in [0, 0.05) is 0 Å². The highest BCUT2D eigenvalue weighted by Gasteiger charge is 2.29. The maximum Gasteiger partial charge on any atom is 0.323 e. The largest absolute Gasteiger partial charge is 0.323 e. The first-order valence-corrected chi connectivity index (χ1v) is 3.68. The summed E-state index contributed by atoms with van der Waals surface area (Å²) in [5.74, 6) is 0. The van der Waals surface area contributed by atoms with Crippen LogP contribution in [0, 0.1) is 0 Å². The van der Waals surface area contributed by atoms with Gasteiger partial charge in [-0.25, -0.2) is 4.79 Å². The quantitative estimate of drug-likeness (QED) is 0.491. The molecule has 0 saturated carbocycles. The Morgan fingerprint density at radius 2 is 2.25 bits per heavy atom. The van der Waals surface area contributed by atoms with Gasteiger partial charge in [-0.15, -0.1) is 0 Å². The number of H-pyrrole nitrogens is 2. The second-order valence-electron chi connectivity index (χ2n) is 2.84. The molecule has 1 aromatic heterocycles. The summed E-state index contributed by atoms with van der Waals surface area (Å²) in [7, 11) is 0. The van der Waals surface area contributed by atoms with Crippen molar-refractivity contribution in [2.45, 2.75) is 6.04 Å². The van der Waals surface area contributed by atoms with E-state index < -0.39 is 0 Å². The zero-order chi connectivity index (χ0) is 8.13. The van der Waals surface area contributed by atoms with Gasteiger partial charge in [0.15, 0.2) is 0 Å². The molecule has 2 aliphatic rings. The standard InChI is InChI=1S/C7H6N4O/c12-7-8-3-1-2-4-6(11-10-4)5(3)9-7/h1-2,6,11H,(H2,8,9,12). The summed E-state index contributed by atoms with van der Waals surface area (Å²) in [6.45, 7) is 0. The second-order valence-corrected chi connectivity index (χ2v) is 2.84. The Labute approximate surface area is 67.2 Å². The van der Waals surface area contributed by atoms with E-state index in [9.17, 15) is 4.79 Å². The van der Waals surface area contributed by atoms with Crippen LogP contribution in [0.3, 0.4) is 0 Å². The lowest BCUT2D eigenvalue weighted by Gasteiger charge is -2.27. The first-order valence-electron chi connectivity index (χ1n) is 3.68. The van der Waals surface area contributed by atoms with Gasteiger partial charge < -0.3 is 9.97 Å². The van der Waals surface area contributed by atoms with Crippen LogP contribution in [-0.2, 0) is 0 Å². The monoisotopic (exact) mass is 162 g/mol. The second kappa shape index (κ2) is 1.69. The van der Waals surface area contributed by atoms with E-state index in [-0.39, 0.29) is 11.7 Å². The van der Waals surface area contributed by atoms with Gasteiger partial charge in [0.05, 0.1) is 17.1 Å². The van der Waals surface area contributed by atoms with Crippen molar-refractivity contribution in [2.75, 3.05) is 0 Å². The molecule has 0 amide bonds. The average Bonchev–Trinajstić information content (AvgIpc) is 2.29. The predicted molar refractivity (Wildman–Crippen MR) is 43.8 cm³/mol. The highest BCUT2D eigenvalue weighted by Crippen LogP contribution is 2.26. The van der Waals surface area contributed by atoms with Crippen LogP contribution in [-0.4, -0.2) is 15.7 Å². The van der Waals surface area contributed by atoms with Crippen LogP contribution in [0.15, 0.2) is 16.0 Å². The number of hydrogen-bond acceptors (Lipinski definition) is 3. The lowest BCUT2D eigenvalue weighted by Crippen LogP contribution is -2.36. The Kier molecular flexibility index (Phi) is 0.818. The van der Waals surface area contributed by atoms with Gasteiger partial charge in [-0.2, -0.15) is 5.10 Å². The maximum absolute atomic E-state index is 10.9. The van der Waals surface area contributed by atoms with Crippen molar-refractivity contribution in [3.8, 4) is 0 Å². The molecule has 0 bridgehead atoms. The smallest absolute Gasteiger partial charge is 0.307 e. The van der Waals surface area contributed by atoms with E-state index in [0.29, 0.717) is 0 Å². The molecule has 0 radical (unpaired) electrons. The topological polar surface area (TPSA) is 73.0 Å². The fourth-order valence-electron chi connectivity index (χ4n) is 1.49. The molecule has 2 heterocycles. The van der Waals surface area contributed by atoms with Crippen molar-refractivity contribution in [1.82, 2.24) is 15.4 Å². The third kappa shape index (κ3) is 0.538. The van der Waals surface area contributed by atoms with Crippen LogP contribution in [0.2, 0.25) is 0 Å². The molecule has 1 aliphatic carbocycles. The van der Waals surface area contributed by atoms with Gasteiger partial charge in [0.25, 0.3) is 0 Å². The molecule has 0 fully saturated rings. The molecule has 1 aromatic rings. The molecule has 3 N–H and O–H groups in total. The summed E-state index contributed by atoms with van der Waals surface area (Å²) >= 11 is 0. The summed E-state index contributed by atoms with van der Waals surface area (Å²) in [6.07, 6.45) is 3.75. The number of nitrogens with zero attached hydrogens (tertiary/aromatic N) is 1. The number of aromatic amines is 2. The molecule has 1 unspecified atom stereocenters. The minimum atomic E-state index is -0.167. The van der Waals surface area contributed by atoms with E-state index in [1.165, 1.54) is 0 Å². The molecule has 1 atom stereocenters. The fourth-order valence-corrected chi connectivity index (χ4v) is 1.49. The molecule has 5 nitrogen and oxygen atoms in total. The molecule has 5 heteroatoms. The predicted octanol–water partition coefficient (Wildman–Crippen LogP) is -0.270. The summed E-state index contributed by atoms with van der Waals surface area (Å²) in [4.78, 5) is 16.3. The van der Waals surface area contributed by atoms with Crippen LogP contribution < -0.4 is 11.1 Å². The van der Waals surface area contributed by atoms with Gasteiger partial charge in [-0.3, -0.25) is 5.43 Å². The number of fused-ring (bicyclic) bond motifs is 3. The Balaban J connectivity index is 2.29. The summed E-state index contributed by atoms with van der Waals surface area (Å²) in [6, 6.07) is 0.0870. The van der Waals surface area contributed by atoms with E-state index in [1.54, 1.807) is 0 Å². The van der Waals surface area contributed by atoms with Crippen molar-refractivity contribution in [3.63, 3.8) is 0 Å². The van der Waals surface area contributed by atoms with Crippen molar-refractivity contribution >= 4 is 11.8 Å². The Morgan fingerprint density at radius 3 is 3.00 bits per heavy atom. The highest BCUT2D eigenvalue weighted by molar-refractivity contribution is 6.07. The number of aromatic nitrogens is 2. The van der Waals surface area contributed by atoms with Gasteiger partial charge >= 0.3 is 5.69 Å². The lowest BCUT2D eigenvalue weighted by atomic mass is 9.99. The lowest BCUT2D eigenvalue weighted by molar-refractivity contribution is 0.604. The van der Waals surface area contributed by atoms with Crippen LogP contribution in [0.5, 0.6) is 0 Å². The molecule has 0 spiro atoms. The molecule has 60 valence electrons. The van der Waals surface area contributed by atoms with Gasteiger partial charge in [-0.1, -0.05) is 0 Å². The Hall–Kier alpha value is -1.78. The highest BCUT2D eigenvalue weighted by atomic mass is 16.1. The molecular weight excluding hydrogens is 156 g/mol. The van der Waals surface area contributed by atoms with E-state index in [0.717, 1.165) is 17.1 Å². The summed E-state index contributed by atoms with van der Waals surface area (Å²) in [5, 5.41) is 3.94. The zero-order valence-corrected chi connectivity index (χ0v) is 6.09. The number of hydrazone groups is 1. The van der Waals surface area contributed by atoms with Crippen molar-refractivity contribution in [3.05, 3.63) is 27.9 Å². The fraction of sp³-hybridized carbons (Fsp3) is 0.143. The number of imidazole rings is 1. The first-order chi connectivity index (χ1) is 5.84. The van der Waals surface area contributed by atoms with Crippen LogP contribution in [0.4, 0.5) is 0 Å². The van der Waals surface area contributed by atoms with E-state index in [1.807, 2.05) is 12.2 Å². The molecule has 0 saturated heterocycles. The van der Waals surface area contributed by atoms with Crippen LogP contribution >= 0.6 is 0 Å². The Bertz CT molecular complexity index is 450. The first kappa shape index (κ1) is 5.82. The molecule has 12 heavy (non-hydrogen) atoms. The molecular formula is C7H6N4O. The summed E-state index contributed by atoms with van der Waals surface area (Å²) in [5.41, 5.74) is 5.39.